The van der Waals surface area contributed by atoms with Crippen LogP contribution in [0.4, 0.5) is 0 Å². The van der Waals surface area contributed by atoms with Crippen molar-refractivity contribution in [3.8, 4) is 5.75 Å². The molecule has 1 aromatic heterocycles. The molecule has 6 nitrogen and oxygen atoms in total. The molecule has 0 amide bonds. The van der Waals surface area contributed by atoms with Gasteiger partial charge < -0.3 is 19.3 Å². The zero-order valence-electron chi connectivity index (χ0n) is 20.9. The smallest absolute Gasteiger partial charge is 0.350 e. The van der Waals surface area contributed by atoms with E-state index in [-0.39, 0.29) is 18.6 Å². The second-order valence-corrected chi connectivity index (χ2v) is 9.54. The lowest BCUT2D eigenvalue weighted by Crippen LogP contribution is -2.44. The molecule has 7 heteroatoms. The summed E-state index contributed by atoms with van der Waals surface area (Å²) in [6.07, 6.45) is 4.11. The third-order valence-electron chi connectivity index (χ3n) is 5.44. The number of carbonyl (C=O) groups excluding carboxylic acids is 1. The van der Waals surface area contributed by atoms with E-state index in [1.165, 1.54) is 7.11 Å². The van der Waals surface area contributed by atoms with E-state index in [0.717, 1.165) is 29.0 Å². The van der Waals surface area contributed by atoms with E-state index in [1.807, 2.05) is 91.2 Å². The van der Waals surface area contributed by atoms with Gasteiger partial charge in [0.1, 0.15) is 11.5 Å². The Balaban J connectivity index is 0.000000202. The minimum absolute atomic E-state index is 0.117. The molecule has 4 rings (SSSR count). The molecule has 1 aliphatic rings. The van der Waals surface area contributed by atoms with Crippen molar-refractivity contribution >= 4 is 23.2 Å². The van der Waals surface area contributed by atoms with Gasteiger partial charge in [0, 0.05) is 23.5 Å². The summed E-state index contributed by atoms with van der Waals surface area (Å²) in [4.78, 5) is 17.7. The van der Waals surface area contributed by atoms with Crippen molar-refractivity contribution in [2.75, 3.05) is 13.7 Å². The van der Waals surface area contributed by atoms with Gasteiger partial charge in [-0.05, 0) is 68.5 Å². The molecule has 190 valence electrons. The Kier molecular flexibility index (Phi) is 10.3. The number of rotatable bonds is 9. The average molecular weight is 508 g/mol. The van der Waals surface area contributed by atoms with Crippen LogP contribution in [-0.2, 0) is 20.7 Å². The molecule has 0 aliphatic carbocycles. The predicted molar refractivity (Wildman–Crippen MR) is 143 cm³/mol. The second kappa shape index (κ2) is 13.6. The first-order valence-corrected chi connectivity index (χ1v) is 12.8. The number of hydrogen-bond donors (Lipinski definition) is 1. The van der Waals surface area contributed by atoms with Crippen molar-refractivity contribution in [1.29, 1.82) is 0 Å². The largest absolute Gasteiger partial charge is 0.475 e. The summed E-state index contributed by atoms with van der Waals surface area (Å²) in [5.74, 6) is 1.84. The van der Waals surface area contributed by atoms with Gasteiger partial charge in [0.15, 0.2) is 0 Å². The molecule has 1 N–H and O–H groups in total. The summed E-state index contributed by atoms with van der Waals surface area (Å²) in [5.41, 5.74) is -0.0185. The summed E-state index contributed by atoms with van der Waals surface area (Å²) < 4.78 is 16.4. The summed E-state index contributed by atoms with van der Waals surface area (Å²) in [5, 5.41) is 10.8. The van der Waals surface area contributed by atoms with Crippen LogP contribution in [-0.4, -0.2) is 42.3 Å². The van der Waals surface area contributed by atoms with Gasteiger partial charge in [-0.3, -0.25) is 0 Å². The van der Waals surface area contributed by atoms with Crippen LogP contribution in [0.25, 0.3) is 0 Å². The fourth-order valence-electron chi connectivity index (χ4n) is 3.69. The van der Waals surface area contributed by atoms with Gasteiger partial charge in [0.2, 0.25) is 11.5 Å². The van der Waals surface area contributed by atoms with Gasteiger partial charge in [-0.1, -0.05) is 42.5 Å². The molecule has 2 aromatic carbocycles. The first-order valence-electron chi connectivity index (χ1n) is 11.9. The number of allylic oxidation sites excluding steroid dienone is 1. The Morgan fingerprint density at radius 3 is 2.39 bits per heavy atom. The van der Waals surface area contributed by atoms with Crippen LogP contribution in [0.5, 0.6) is 5.75 Å². The van der Waals surface area contributed by atoms with Crippen molar-refractivity contribution in [2.24, 2.45) is 4.99 Å². The number of hydrogen-bond acceptors (Lipinski definition) is 7. The number of benzene rings is 2. The van der Waals surface area contributed by atoms with E-state index < -0.39 is 5.60 Å². The van der Waals surface area contributed by atoms with Gasteiger partial charge in [0.05, 0.1) is 13.2 Å². The van der Waals surface area contributed by atoms with E-state index in [1.54, 1.807) is 18.3 Å². The first-order chi connectivity index (χ1) is 17.4. The molecule has 36 heavy (non-hydrogen) atoms. The van der Waals surface area contributed by atoms with Crippen molar-refractivity contribution < 1.29 is 24.1 Å². The van der Waals surface area contributed by atoms with Gasteiger partial charge in [-0.25, -0.2) is 9.79 Å². The maximum absolute atomic E-state index is 12.0. The number of aliphatic imine (C=N–C) groups is 1. The number of para-hydroxylation sites is 1. The Hall–Kier alpha value is -3.42. The predicted octanol–water partition coefficient (Wildman–Crippen LogP) is 5.81. The Morgan fingerprint density at radius 2 is 1.78 bits per heavy atom. The van der Waals surface area contributed by atoms with Crippen molar-refractivity contribution in [3.63, 3.8) is 0 Å². The normalized spacial score (nSPS) is 16.3. The van der Waals surface area contributed by atoms with Gasteiger partial charge in [-0.15, -0.1) is 11.3 Å². The SMILES string of the molecule is CC1=CC(CCCO)N=C(c2ccccc2)O1.COC(=O)C(C)(Cc1cccs1)Oc1ccccc1. The zero-order valence-corrected chi connectivity index (χ0v) is 21.7. The maximum Gasteiger partial charge on any atom is 0.350 e. The fourth-order valence-corrected chi connectivity index (χ4v) is 4.54. The number of nitrogens with zero attached hydrogens (tertiary/aromatic N) is 1. The van der Waals surface area contributed by atoms with Gasteiger partial charge >= 0.3 is 5.97 Å². The topological polar surface area (TPSA) is 77.4 Å². The average Bonchev–Trinajstić information content (AvgIpc) is 3.41. The quantitative estimate of drug-likeness (QED) is 0.370. The molecule has 0 fully saturated rings. The number of thiophene rings is 1. The number of carbonyl (C=O) groups is 1. The summed E-state index contributed by atoms with van der Waals surface area (Å²) in [6.45, 7) is 3.90. The Labute approximate surface area is 216 Å². The van der Waals surface area contributed by atoms with Crippen molar-refractivity contribution in [1.82, 2.24) is 0 Å². The summed E-state index contributed by atoms with van der Waals surface area (Å²) in [7, 11) is 1.38. The maximum atomic E-state index is 12.0. The highest BCUT2D eigenvalue weighted by Gasteiger charge is 2.37. The van der Waals surface area contributed by atoms with Gasteiger partial charge in [0.25, 0.3) is 0 Å². The Morgan fingerprint density at radius 1 is 1.08 bits per heavy atom. The third-order valence-corrected chi connectivity index (χ3v) is 6.32. The monoisotopic (exact) mass is 507 g/mol. The molecule has 0 saturated heterocycles. The highest BCUT2D eigenvalue weighted by molar-refractivity contribution is 7.09. The van der Waals surface area contributed by atoms with E-state index in [2.05, 4.69) is 4.99 Å². The molecule has 0 spiro atoms. The first kappa shape index (κ1) is 27.2. The lowest BCUT2D eigenvalue weighted by molar-refractivity contribution is -0.157. The standard InChI is InChI=1S/C15H16O3S.C14H17NO2/c1-15(14(16)17-2,11-13-9-6-10-19-13)18-12-7-4-3-5-8-12;1-11-10-13(8-5-9-16)15-14(17-11)12-6-3-2-4-7-12/h3-10H,11H2,1-2H3;2-4,6-7,10,13,16H,5,8-9H2,1H3. The van der Waals surface area contributed by atoms with E-state index >= 15 is 0 Å². The fraction of sp³-hybridized carbons (Fsp3) is 0.310. The molecular formula is C29H33NO5S. The number of methoxy groups -OCH3 is 1. The molecule has 0 bridgehead atoms. The number of esters is 1. The zero-order chi connectivity index (χ0) is 25.8. The van der Waals surface area contributed by atoms with Crippen LogP contribution >= 0.6 is 11.3 Å². The van der Waals surface area contributed by atoms with Crippen LogP contribution in [0.2, 0.25) is 0 Å². The van der Waals surface area contributed by atoms with Crippen molar-refractivity contribution in [3.05, 3.63) is 100 Å². The summed E-state index contributed by atoms with van der Waals surface area (Å²) in [6, 6.07) is 23.3. The molecule has 0 saturated carbocycles. The van der Waals surface area contributed by atoms with Gasteiger partial charge in [-0.2, -0.15) is 0 Å². The van der Waals surface area contributed by atoms with Crippen LogP contribution in [0, 0.1) is 0 Å². The van der Waals surface area contributed by atoms with Crippen LogP contribution in [0.3, 0.4) is 0 Å². The number of aliphatic hydroxyl groups is 1. The second-order valence-electron chi connectivity index (χ2n) is 8.51. The number of ether oxygens (including phenoxy) is 3. The molecule has 0 radical (unpaired) electrons. The lowest BCUT2D eigenvalue weighted by atomic mass is 10.0. The minimum atomic E-state index is -1.01. The van der Waals surface area contributed by atoms with E-state index in [0.29, 0.717) is 18.1 Å². The molecule has 2 atom stereocenters. The highest BCUT2D eigenvalue weighted by Crippen LogP contribution is 2.25. The van der Waals surface area contributed by atoms with E-state index in [4.69, 9.17) is 19.3 Å². The van der Waals surface area contributed by atoms with E-state index in [9.17, 15) is 4.79 Å². The molecule has 3 aromatic rings. The molecule has 2 heterocycles. The van der Waals surface area contributed by atoms with Crippen LogP contribution in [0.1, 0.15) is 37.1 Å². The molecule has 2 unspecified atom stereocenters. The van der Waals surface area contributed by atoms with Crippen molar-refractivity contribution in [2.45, 2.75) is 44.8 Å². The molecule has 1 aliphatic heterocycles. The minimum Gasteiger partial charge on any atom is -0.475 e. The summed E-state index contributed by atoms with van der Waals surface area (Å²) >= 11 is 1.60. The Bertz CT molecular complexity index is 1130. The van der Waals surface area contributed by atoms with Crippen LogP contribution < -0.4 is 4.74 Å². The lowest BCUT2D eigenvalue weighted by Gasteiger charge is -2.27. The molecular weight excluding hydrogens is 474 g/mol. The highest BCUT2D eigenvalue weighted by atomic mass is 32.1. The third kappa shape index (κ3) is 8.07. The number of aliphatic hydroxyl groups excluding tert-OH is 1. The van der Waals surface area contributed by atoms with Crippen LogP contribution in [0.15, 0.2) is 95.0 Å².